The van der Waals surface area contributed by atoms with E-state index in [-0.39, 0.29) is 55.7 Å². The van der Waals surface area contributed by atoms with Crippen LogP contribution in [0.2, 0.25) is 0 Å². The molecule has 12 heteroatoms. The highest BCUT2D eigenvalue weighted by atomic mass is 32.2. The number of benzene rings is 3. The number of aliphatic hydroxyl groups excluding tert-OH is 1. The number of β-amino-alcohol motifs (C(OH)–C–C–N with tert-alkyl or cyclic N) is 1. The molecule has 0 unspecified atom stereocenters. The molecule has 4 rings (SSSR count). The number of nitrogens with zero attached hydrogens (tertiary/aromatic N) is 1. The van der Waals surface area contributed by atoms with E-state index < -0.39 is 56.9 Å². The Morgan fingerprint density at radius 2 is 1.45 bits per heavy atom. The van der Waals surface area contributed by atoms with Crippen molar-refractivity contribution in [2.45, 2.75) is 100 Å². The normalized spacial score (nSPS) is 18.6. The van der Waals surface area contributed by atoms with Crippen molar-refractivity contribution in [2.24, 2.45) is 5.92 Å². The Morgan fingerprint density at radius 1 is 0.882 bits per heavy atom. The Kier molecular flexibility index (Phi) is 13.8. The molecule has 4 N–H and O–H groups in total. The first-order valence-electron chi connectivity index (χ1n) is 17.5. The van der Waals surface area contributed by atoms with Gasteiger partial charge < -0.3 is 25.8 Å². The minimum Gasteiger partial charge on any atom is -0.445 e. The van der Waals surface area contributed by atoms with Crippen molar-refractivity contribution in [1.29, 1.82) is 0 Å². The van der Waals surface area contributed by atoms with Gasteiger partial charge in [0.05, 0.1) is 28.3 Å². The van der Waals surface area contributed by atoms with Crippen molar-refractivity contribution in [2.75, 3.05) is 13.1 Å². The fourth-order valence-electron chi connectivity index (χ4n) is 6.23. The lowest BCUT2D eigenvalue weighted by molar-refractivity contribution is -0.130. The molecule has 0 aromatic heterocycles. The van der Waals surface area contributed by atoms with Crippen molar-refractivity contribution < 1.29 is 32.6 Å². The van der Waals surface area contributed by atoms with Gasteiger partial charge in [-0.2, -0.15) is 0 Å². The zero-order chi connectivity index (χ0) is 37.2. The second-order valence-corrected chi connectivity index (χ2v) is 16.8. The van der Waals surface area contributed by atoms with Crippen molar-refractivity contribution in [3.63, 3.8) is 0 Å². The highest BCUT2D eigenvalue weighted by Crippen LogP contribution is 2.29. The molecule has 276 valence electrons. The van der Waals surface area contributed by atoms with Crippen molar-refractivity contribution in [3.05, 3.63) is 102 Å². The van der Waals surface area contributed by atoms with Crippen LogP contribution in [0.1, 0.15) is 58.6 Å². The molecule has 3 aromatic carbocycles. The molecule has 11 nitrogen and oxygen atoms in total. The largest absolute Gasteiger partial charge is 0.445 e. The predicted octanol–water partition coefficient (Wildman–Crippen LogP) is 4.25. The lowest BCUT2D eigenvalue weighted by atomic mass is 9.95. The molecule has 0 spiro atoms. The van der Waals surface area contributed by atoms with E-state index in [0.29, 0.717) is 0 Å². The van der Waals surface area contributed by atoms with E-state index in [4.69, 9.17) is 4.74 Å². The number of amides is 3. The van der Waals surface area contributed by atoms with Gasteiger partial charge in [-0.05, 0) is 69.2 Å². The topological polar surface area (TPSA) is 154 Å². The average molecular weight is 721 g/mol. The number of carbonyl (C=O) groups is 3. The maximum Gasteiger partial charge on any atom is 0.408 e. The van der Waals surface area contributed by atoms with Crippen molar-refractivity contribution in [1.82, 2.24) is 20.9 Å². The number of likely N-dealkylation sites (tertiary alicyclic amines) is 1. The first kappa shape index (κ1) is 39.5. The molecule has 1 heterocycles. The molecule has 51 heavy (non-hydrogen) atoms. The van der Waals surface area contributed by atoms with Gasteiger partial charge in [-0.1, -0.05) is 92.7 Å². The number of nitrogens with one attached hydrogen (secondary N) is 3. The molecule has 0 aliphatic carbocycles. The quantitative estimate of drug-likeness (QED) is 0.193. The number of piperidine rings is 1. The van der Waals surface area contributed by atoms with Gasteiger partial charge in [0.25, 0.3) is 0 Å². The Labute approximate surface area is 302 Å². The van der Waals surface area contributed by atoms with Crippen LogP contribution in [0.4, 0.5) is 4.79 Å². The fourth-order valence-corrected chi connectivity index (χ4v) is 8.00. The summed E-state index contributed by atoms with van der Waals surface area (Å²) < 4.78 is 32.6. The standard InChI is InChI=1S/C39H52N4O7S/c1-27(2)35(41-38(47)50-26-29-17-11-7-12-18-29)37(46)40-32(23-28-15-9-6-10-16-28)34(44)25-43-22-21-31(24-33(43)36(45)42-39(3,4)5)51(48,49)30-19-13-8-14-20-30/h6-20,27,31-35,44H,21-26H2,1-5H3,(H,40,46)(H,41,47)(H,42,45)/t31-,32+,33+,34-,35+/m1/s1. The van der Waals surface area contributed by atoms with Gasteiger partial charge in [0.15, 0.2) is 9.84 Å². The van der Waals surface area contributed by atoms with E-state index in [9.17, 15) is 27.9 Å². The third-order valence-corrected chi connectivity index (χ3v) is 11.2. The molecule has 3 aromatic rings. The minimum atomic E-state index is -3.72. The van der Waals surface area contributed by atoms with Crippen molar-refractivity contribution in [3.8, 4) is 0 Å². The summed E-state index contributed by atoms with van der Waals surface area (Å²) in [6.45, 7) is 9.45. The van der Waals surface area contributed by atoms with Crippen LogP contribution >= 0.6 is 0 Å². The van der Waals surface area contributed by atoms with Gasteiger partial charge in [0.2, 0.25) is 11.8 Å². The fraction of sp³-hybridized carbons (Fsp3) is 0.462. The summed E-state index contributed by atoms with van der Waals surface area (Å²) in [7, 11) is -3.72. The molecule has 1 aliphatic heterocycles. The molecule has 0 bridgehead atoms. The lowest BCUT2D eigenvalue weighted by Gasteiger charge is -2.41. The van der Waals surface area contributed by atoms with Gasteiger partial charge in [0, 0.05) is 18.6 Å². The molecular weight excluding hydrogens is 669 g/mol. The molecule has 5 atom stereocenters. The summed E-state index contributed by atoms with van der Waals surface area (Å²) in [6.07, 6.45) is -1.31. The lowest BCUT2D eigenvalue weighted by Crippen LogP contribution is -2.60. The van der Waals surface area contributed by atoms with E-state index in [1.165, 1.54) is 0 Å². The Morgan fingerprint density at radius 3 is 2.02 bits per heavy atom. The van der Waals surface area contributed by atoms with Crippen LogP contribution in [0, 0.1) is 5.92 Å². The van der Waals surface area contributed by atoms with E-state index in [0.717, 1.165) is 11.1 Å². The highest BCUT2D eigenvalue weighted by molar-refractivity contribution is 7.92. The van der Waals surface area contributed by atoms with E-state index in [1.807, 2.05) is 86.3 Å². The number of hydrogen-bond acceptors (Lipinski definition) is 8. The van der Waals surface area contributed by atoms with Gasteiger partial charge in [-0.15, -0.1) is 0 Å². The molecule has 1 aliphatic rings. The predicted molar refractivity (Wildman–Crippen MR) is 196 cm³/mol. The van der Waals surface area contributed by atoms with Gasteiger partial charge in [-0.3, -0.25) is 14.5 Å². The van der Waals surface area contributed by atoms with Gasteiger partial charge >= 0.3 is 6.09 Å². The minimum absolute atomic E-state index is 0.00297. The number of sulfone groups is 1. The summed E-state index contributed by atoms with van der Waals surface area (Å²) in [5.41, 5.74) is 1.10. The second-order valence-electron chi connectivity index (χ2n) is 14.6. The van der Waals surface area contributed by atoms with Gasteiger partial charge in [0.1, 0.15) is 12.6 Å². The molecule has 1 saturated heterocycles. The number of aliphatic hydroxyl groups is 1. The maximum atomic E-state index is 13.8. The molecular formula is C39H52N4O7S. The summed E-state index contributed by atoms with van der Waals surface area (Å²) in [5, 5.41) is 19.7. The van der Waals surface area contributed by atoms with Crippen LogP contribution in [0.15, 0.2) is 95.9 Å². The molecule has 3 amide bonds. The third-order valence-electron chi connectivity index (χ3n) is 8.92. The monoisotopic (exact) mass is 720 g/mol. The Hall–Kier alpha value is -4.26. The van der Waals surface area contributed by atoms with Crippen LogP contribution in [-0.4, -0.2) is 84.4 Å². The summed E-state index contributed by atoms with van der Waals surface area (Å²) in [6, 6.07) is 24.2. The van der Waals surface area contributed by atoms with Crippen LogP contribution in [-0.2, 0) is 37.2 Å². The van der Waals surface area contributed by atoms with Gasteiger partial charge in [-0.25, -0.2) is 13.2 Å². The molecule has 1 fully saturated rings. The Balaban J connectivity index is 1.52. The van der Waals surface area contributed by atoms with E-state index in [2.05, 4.69) is 16.0 Å². The first-order valence-corrected chi connectivity index (χ1v) is 19.0. The second kappa shape index (κ2) is 17.8. The number of rotatable bonds is 14. The number of carbonyl (C=O) groups excluding carboxylic acids is 3. The number of hydrogen-bond donors (Lipinski definition) is 4. The SMILES string of the molecule is CC(C)[C@H](NC(=O)OCc1ccccc1)C(=O)N[C@@H](Cc1ccccc1)[C@H](O)CN1CC[C@@H](S(=O)(=O)c2ccccc2)C[C@H]1C(=O)NC(C)(C)C. The smallest absolute Gasteiger partial charge is 0.408 e. The zero-order valence-corrected chi connectivity index (χ0v) is 30.9. The molecule has 0 saturated carbocycles. The maximum absolute atomic E-state index is 13.8. The zero-order valence-electron chi connectivity index (χ0n) is 30.1. The first-order chi connectivity index (χ1) is 24.1. The summed E-state index contributed by atoms with van der Waals surface area (Å²) >= 11 is 0. The van der Waals surface area contributed by atoms with Crippen LogP contribution in [0.25, 0.3) is 0 Å². The number of ether oxygens (including phenoxy) is 1. The van der Waals surface area contributed by atoms with E-state index in [1.54, 1.807) is 44.2 Å². The van der Waals surface area contributed by atoms with E-state index >= 15 is 0 Å². The number of alkyl carbamates (subject to hydrolysis) is 1. The van der Waals surface area contributed by atoms with Crippen molar-refractivity contribution >= 4 is 27.7 Å². The highest BCUT2D eigenvalue weighted by Gasteiger charge is 2.42. The Bertz CT molecular complexity index is 1680. The van der Waals surface area contributed by atoms with Crippen LogP contribution in [0.3, 0.4) is 0 Å². The average Bonchev–Trinajstić information content (AvgIpc) is 3.09. The molecule has 0 radical (unpaired) electrons. The summed E-state index contributed by atoms with van der Waals surface area (Å²) in [4.78, 5) is 42.3. The third kappa shape index (κ3) is 11.6. The van der Waals surface area contributed by atoms with Crippen LogP contribution < -0.4 is 16.0 Å². The summed E-state index contributed by atoms with van der Waals surface area (Å²) in [5.74, 6) is -1.12. The van der Waals surface area contributed by atoms with Crippen LogP contribution in [0.5, 0.6) is 0 Å².